The highest BCUT2D eigenvalue weighted by Crippen LogP contribution is 2.48. The van der Waals surface area contributed by atoms with Crippen LogP contribution in [0.2, 0.25) is 0 Å². The Morgan fingerprint density at radius 1 is 1.38 bits per heavy atom. The van der Waals surface area contributed by atoms with E-state index < -0.39 is 17.7 Å². The summed E-state index contributed by atoms with van der Waals surface area (Å²) in [6.07, 6.45) is 3.17. The lowest BCUT2D eigenvalue weighted by molar-refractivity contribution is -0.124. The van der Waals surface area contributed by atoms with Crippen molar-refractivity contribution in [3.63, 3.8) is 0 Å². The Balaban J connectivity index is 0. The van der Waals surface area contributed by atoms with Crippen molar-refractivity contribution < 1.29 is 13.6 Å². The topological polar surface area (TPSA) is 29.1 Å². The Bertz CT molecular complexity index is 215. The number of hydrogen-bond donors (Lipinski definition) is 1. The first-order chi connectivity index (χ1) is 7.58. The van der Waals surface area contributed by atoms with E-state index in [0.717, 1.165) is 0 Å². The van der Waals surface area contributed by atoms with Crippen molar-refractivity contribution in [1.82, 2.24) is 5.32 Å². The van der Waals surface area contributed by atoms with E-state index in [0.29, 0.717) is 6.54 Å². The number of carbonyl (C=O) groups excluding carboxylic acids is 1. The van der Waals surface area contributed by atoms with Gasteiger partial charge in [0.2, 0.25) is 5.91 Å². The molecule has 0 spiro atoms. The van der Waals surface area contributed by atoms with E-state index in [1.165, 1.54) is 0 Å². The Kier molecular flexibility index (Phi) is 10.2. The van der Waals surface area contributed by atoms with Crippen LogP contribution in [-0.2, 0) is 4.79 Å². The standard InChI is InChI=1S/C8H11F2NO.2C2H6/c1-2-3-4-11-7(12)6-5-8(6,9)10;2*1-2/h2-3,6H,4-5H2,1H3,(H,11,12);2*1-2H3/b3-2+;;. The third-order valence-corrected chi connectivity index (χ3v) is 1.77. The maximum atomic E-state index is 12.3. The summed E-state index contributed by atoms with van der Waals surface area (Å²) in [6, 6.07) is 0. The van der Waals surface area contributed by atoms with Crippen molar-refractivity contribution in [1.29, 1.82) is 0 Å². The first kappa shape index (κ1) is 17.5. The van der Waals surface area contributed by atoms with E-state index in [1.807, 2.05) is 27.7 Å². The van der Waals surface area contributed by atoms with Crippen LogP contribution in [-0.4, -0.2) is 18.4 Å². The third-order valence-electron chi connectivity index (χ3n) is 1.77. The van der Waals surface area contributed by atoms with Gasteiger partial charge < -0.3 is 5.32 Å². The summed E-state index contributed by atoms with van der Waals surface area (Å²) >= 11 is 0. The highest BCUT2D eigenvalue weighted by atomic mass is 19.3. The molecule has 1 aliphatic carbocycles. The van der Waals surface area contributed by atoms with Crippen LogP contribution in [0.3, 0.4) is 0 Å². The number of alkyl halides is 2. The number of allylic oxidation sites excluding steroid dienone is 1. The van der Waals surface area contributed by atoms with Crippen molar-refractivity contribution in [2.45, 2.75) is 47.0 Å². The summed E-state index contributed by atoms with van der Waals surface area (Å²) in [6.45, 7) is 10.1. The molecule has 2 nitrogen and oxygen atoms in total. The summed E-state index contributed by atoms with van der Waals surface area (Å²) in [5, 5.41) is 2.40. The zero-order chi connectivity index (χ0) is 13.2. The van der Waals surface area contributed by atoms with Crippen LogP contribution in [0.4, 0.5) is 8.78 Å². The summed E-state index contributed by atoms with van der Waals surface area (Å²) in [7, 11) is 0. The lowest BCUT2D eigenvalue weighted by Crippen LogP contribution is -2.27. The van der Waals surface area contributed by atoms with Crippen LogP contribution in [0.25, 0.3) is 0 Å². The highest BCUT2D eigenvalue weighted by molar-refractivity contribution is 5.82. The lowest BCUT2D eigenvalue weighted by Gasteiger charge is -1.99. The SMILES string of the molecule is C/C=C/CNC(=O)C1CC1(F)F.CC.CC. The van der Waals surface area contributed by atoms with Gasteiger partial charge in [0.05, 0.1) is 0 Å². The Morgan fingerprint density at radius 3 is 2.12 bits per heavy atom. The summed E-state index contributed by atoms with van der Waals surface area (Å²) in [5.74, 6) is -4.37. The number of rotatable bonds is 3. The van der Waals surface area contributed by atoms with Gasteiger partial charge in [0.15, 0.2) is 0 Å². The molecule has 1 fully saturated rings. The number of amides is 1. The maximum absolute atomic E-state index is 12.3. The summed E-state index contributed by atoms with van der Waals surface area (Å²) in [5.41, 5.74) is 0. The van der Waals surface area contributed by atoms with E-state index in [2.05, 4.69) is 5.32 Å². The first-order valence-corrected chi connectivity index (χ1v) is 5.84. The third kappa shape index (κ3) is 6.53. The van der Waals surface area contributed by atoms with Gasteiger partial charge in [0.1, 0.15) is 5.92 Å². The van der Waals surface area contributed by atoms with Gasteiger partial charge in [-0.25, -0.2) is 8.78 Å². The molecule has 16 heavy (non-hydrogen) atoms. The largest absolute Gasteiger partial charge is 0.352 e. The molecule has 1 unspecified atom stereocenters. The molecule has 0 radical (unpaired) electrons. The van der Waals surface area contributed by atoms with Crippen LogP contribution in [0.15, 0.2) is 12.2 Å². The molecule has 4 heteroatoms. The predicted octanol–water partition coefficient (Wildman–Crippen LogP) is 3.39. The minimum absolute atomic E-state index is 0.297. The van der Waals surface area contributed by atoms with Gasteiger partial charge in [-0.15, -0.1) is 0 Å². The van der Waals surface area contributed by atoms with Crippen molar-refractivity contribution in [3.05, 3.63) is 12.2 Å². The van der Waals surface area contributed by atoms with Gasteiger partial charge in [0, 0.05) is 13.0 Å². The molecular formula is C12H23F2NO. The Hall–Kier alpha value is -0.930. The molecule has 96 valence electrons. The van der Waals surface area contributed by atoms with Crippen LogP contribution >= 0.6 is 0 Å². The molecule has 0 aromatic carbocycles. The van der Waals surface area contributed by atoms with Gasteiger partial charge in [0.25, 0.3) is 5.92 Å². The molecule has 0 aliphatic heterocycles. The molecule has 1 saturated carbocycles. The van der Waals surface area contributed by atoms with E-state index in [9.17, 15) is 13.6 Å². The monoisotopic (exact) mass is 235 g/mol. The molecule has 1 N–H and O–H groups in total. The van der Waals surface area contributed by atoms with E-state index in [-0.39, 0.29) is 6.42 Å². The second-order valence-corrected chi connectivity index (χ2v) is 2.83. The number of carbonyl (C=O) groups is 1. The first-order valence-electron chi connectivity index (χ1n) is 5.84. The molecule has 1 atom stereocenters. The summed E-state index contributed by atoms with van der Waals surface area (Å²) in [4.78, 5) is 10.9. The van der Waals surface area contributed by atoms with Gasteiger partial charge in [-0.2, -0.15) is 0 Å². The molecule has 1 aliphatic rings. The number of nitrogens with one attached hydrogen (secondary N) is 1. The molecule has 1 amide bonds. The van der Waals surface area contributed by atoms with Crippen molar-refractivity contribution >= 4 is 5.91 Å². The molecular weight excluding hydrogens is 212 g/mol. The summed E-state index contributed by atoms with van der Waals surface area (Å²) < 4.78 is 24.6. The van der Waals surface area contributed by atoms with E-state index in [1.54, 1.807) is 19.1 Å². The normalized spacial score (nSPS) is 20.1. The van der Waals surface area contributed by atoms with Gasteiger partial charge >= 0.3 is 0 Å². The smallest absolute Gasteiger partial charge is 0.260 e. The van der Waals surface area contributed by atoms with Crippen LogP contribution in [0.5, 0.6) is 0 Å². The maximum Gasteiger partial charge on any atom is 0.260 e. The molecule has 1 rings (SSSR count). The Morgan fingerprint density at radius 2 is 1.81 bits per heavy atom. The molecule has 0 heterocycles. The fourth-order valence-corrected chi connectivity index (χ4v) is 0.898. The molecule has 0 saturated heterocycles. The lowest BCUT2D eigenvalue weighted by atomic mass is 10.4. The fourth-order valence-electron chi connectivity index (χ4n) is 0.898. The predicted molar refractivity (Wildman–Crippen MR) is 63.6 cm³/mol. The zero-order valence-electron chi connectivity index (χ0n) is 10.8. The second-order valence-electron chi connectivity index (χ2n) is 2.83. The van der Waals surface area contributed by atoms with Crippen molar-refractivity contribution in [3.8, 4) is 0 Å². The van der Waals surface area contributed by atoms with Gasteiger partial charge in [-0.1, -0.05) is 39.8 Å². The second kappa shape index (κ2) is 9.31. The number of halogens is 2. The van der Waals surface area contributed by atoms with E-state index >= 15 is 0 Å². The average Bonchev–Trinajstić information content (AvgIpc) is 2.94. The van der Waals surface area contributed by atoms with Crippen LogP contribution in [0.1, 0.15) is 41.0 Å². The van der Waals surface area contributed by atoms with Crippen molar-refractivity contribution in [2.24, 2.45) is 5.92 Å². The Labute approximate surface area is 97.1 Å². The molecule has 0 aromatic heterocycles. The molecule has 0 bridgehead atoms. The van der Waals surface area contributed by atoms with Crippen LogP contribution in [0, 0.1) is 5.92 Å². The zero-order valence-corrected chi connectivity index (χ0v) is 10.8. The van der Waals surface area contributed by atoms with E-state index in [4.69, 9.17) is 0 Å². The average molecular weight is 235 g/mol. The minimum atomic E-state index is -2.75. The van der Waals surface area contributed by atoms with Crippen molar-refractivity contribution in [2.75, 3.05) is 6.54 Å². The van der Waals surface area contributed by atoms with Gasteiger partial charge in [-0.3, -0.25) is 4.79 Å². The van der Waals surface area contributed by atoms with Gasteiger partial charge in [-0.05, 0) is 6.92 Å². The quantitative estimate of drug-likeness (QED) is 0.746. The number of hydrogen-bond acceptors (Lipinski definition) is 1. The molecule has 0 aromatic rings. The highest BCUT2D eigenvalue weighted by Gasteiger charge is 2.61. The minimum Gasteiger partial charge on any atom is -0.352 e. The van der Waals surface area contributed by atoms with Crippen LogP contribution < -0.4 is 5.32 Å². The fraction of sp³-hybridized carbons (Fsp3) is 0.750.